The van der Waals surface area contributed by atoms with Gasteiger partial charge in [0.2, 0.25) is 5.91 Å². The van der Waals surface area contributed by atoms with Crippen LogP contribution in [0.25, 0.3) is 10.2 Å². The van der Waals surface area contributed by atoms with E-state index in [0.717, 1.165) is 23.9 Å². The van der Waals surface area contributed by atoms with Crippen LogP contribution in [0.1, 0.15) is 39.2 Å². The maximum Gasteiger partial charge on any atom is 0.272 e. The molecule has 3 aromatic rings. The number of carbonyl (C=O) groups is 1. The minimum Gasteiger partial charge on any atom is -0.381 e. The fourth-order valence-electron chi connectivity index (χ4n) is 3.76. The van der Waals surface area contributed by atoms with Gasteiger partial charge in [-0.15, -0.1) is 23.1 Å². The molecule has 170 valence electrons. The van der Waals surface area contributed by atoms with Crippen molar-refractivity contribution in [2.45, 2.75) is 49.3 Å². The zero-order chi connectivity index (χ0) is 22.7. The van der Waals surface area contributed by atoms with Crippen LogP contribution in [0.5, 0.6) is 0 Å². The van der Waals surface area contributed by atoms with E-state index in [1.807, 2.05) is 5.38 Å². The average Bonchev–Trinajstić information content (AvgIpc) is 3.18. The lowest BCUT2D eigenvalue weighted by Gasteiger charge is -2.27. The van der Waals surface area contributed by atoms with Gasteiger partial charge in [-0.3, -0.25) is 14.2 Å². The number of hydrogen-bond donors (Lipinski definition) is 1. The van der Waals surface area contributed by atoms with Crippen molar-refractivity contribution in [2.24, 2.45) is 5.92 Å². The number of halogens is 1. The van der Waals surface area contributed by atoms with Crippen LogP contribution in [0.4, 0.5) is 10.2 Å². The van der Waals surface area contributed by atoms with Crippen LogP contribution >= 0.6 is 23.1 Å². The second-order valence-electron chi connectivity index (χ2n) is 8.06. The number of hydrogen-bond acceptors (Lipinski definition) is 7. The molecular formula is C22H25FN4O3S2. The highest BCUT2D eigenvalue weighted by molar-refractivity contribution is 8.00. The minimum absolute atomic E-state index is 0.227. The lowest BCUT2D eigenvalue weighted by atomic mass is 9.92. The number of fused-ring (bicyclic) bond motifs is 1. The summed E-state index contributed by atoms with van der Waals surface area (Å²) in [5.74, 6) is -0.367. The highest BCUT2D eigenvalue weighted by Gasteiger charge is 2.28. The molecule has 1 aliphatic heterocycles. The quantitative estimate of drug-likeness (QED) is 0.506. The molecule has 0 saturated carbocycles. The van der Waals surface area contributed by atoms with Crippen molar-refractivity contribution in [1.82, 2.24) is 14.5 Å². The van der Waals surface area contributed by atoms with E-state index >= 15 is 0 Å². The molecule has 10 heteroatoms. The molecule has 0 spiro atoms. The SMILES string of the molecule is CC(C)Sc1csc2c(=O)n(C(CC3CCOCC3)C(=O)Nc3ccc(F)cn3)cnc12. The number of thioether (sulfide) groups is 1. The van der Waals surface area contributed by atoms with Gasteiger partial charge in [0, 0.05) is 28.7 Å². The van der Waals surface area contributed by atoms with E-state index in [1.54, 1.807) is 11.8 Å². The molecule has 3 aromatic heterocycles. The Hall–Kier alpha value is -2.30. The third kappa shape index (κ3) is 5.19. The first-order valence-electron chi connectivity index (χ1n) is 10.6. The Labute approximate surface area is 193 Å². The number of anilines is 1. The van der Waals surface area contributed by atoms with E-state index in [4.69, 9.17) is 4.74 Å². The van der Waals surface area contributed by atoms with E-state index in [2.05, 4.69) is 29.1 Å². The lowest BCUT2D eigenvalue weighted by molar-refractivity contribution is -0.120. The largest absolute Gasteiger partial charge is 0.381 e. The van der Waals surface area contributed by atoms with Gasteiger partial charge in [0.05, 0.1) is 12.5 Å². The zero-order valence-corrected chi connectivity index (χ0v) is 19.5. The highest BCUT2D eigenvalue weighted by atomic mass is 32.2. The molecule has 1 aliphatic rings. The van der Waals surface area contributed by atoms with Crippen molar-refractivity contribution in [3.05, 3.63) is 46.2 Å². The first-order valence-corrected chi connectivity index (χ1v) is 12.3. The summed E-state index contributed by atoms with van der Waals surface area (Å²) >= 11 is 3.02. The summed E-state index contributed by atoms with van der Waals surface area (Å²) in [5, 5.41) is 5.04. The predicted molar refractivity (Wildman–Crippen MR) is 125 cm³/mol. The van der Waals surface area contributed by atoms with Crippen LogP contribution in [-0.4, -0.2) is 38.9 Å². The Morgan fingerprint density at radius 3 is 2.81 bits per heavy atom. The van der Waals surface area contributed by atoms with Crippen LogP contribution in [-0.2, 0) is 9.53 Å². The van der Waals surface area contributed by atoms with Gasteiger partial charge in [-0.25, -0.2) is 14.4 Å². The topological polar surface area (TPSA) is 86.1 Å². The first-order chi connectivity index (χ1) is 15.4. The van der Waals surface area contributed by atoms with Crippen molar-refractivity contribution in [3.63, 3.8) is 0 Å². The highest BCUT2D eigenvalue weighted by Crippen LogP contribution is 2.33. The Morgan fingerprint density at radius 2 is 2.12 bits per heavy atom. The molecule has 7 nitrogen and oxygen atoms in total. The van der Waals surface area contributed by atoms with Crippen LogP contribution in [0.15, 0.2) is 39.7 Å². The Bertz CT molecular complexity index is 1140. The van der Waals surface area contributed by atoms with E-state index in [-0.39, 0.29) is 23.2 Å². The molecule has 0 bridgehead atoms. The number of amides is 1. The second kappa shape index (κ2) is 10.1. The molecular weight excluding hydrogens is 451 g/mol. The number of pyridine rings is 1. The Balaban J connectivity index is 1.67. The molecule has 1 atom stereocenters. The summed E-state index contributed by atoms with van der Waals surface area (Å²) in [5.41, 5.74) is 0.454. The van der Waals surface area contributed by atoms with Gasteiger partial charge in [0.25, 0.3) is 5.56 Å². The van der Waals surface area contributed by atoms with E-state index in [9.17, 15) is 14.0 Å². The lowest BCUT2D eigenvalue weighted by Crippen LogP contribution is -2.35. The number of rotatable bonds is 7. The number of aromatic nitrogens is 3. The van der Waals surface area contributed by atoms with Gasteiger partial charge in [0.15, 0.2) is 0 Å². The number of ether oxygens (including phenoxy) is 1. The van der Waals surface area contributed by atoms with E-state index in [0.29, 0.717) is 35.1 Å². The van der Waals surface area contributed by atoms with Gasteiger partial charge in [0.1, 0.15) is 27.9 Å². The average molecular weight is 477 g/mol. The van der Waals surface area contributed by atoms with Crippen molar-refractivity contribution >= 4 is 45.0 Å². The molecule has 0 aromatic carbocycles. The van der Waals surface area contributed by atoms with Crippen molar-refractivity contribution < 1.29 is 13.9 Å². The summed E-state index contributed by atoms with van der Waals surface area (Å²) < 4.78 is 20.6. The van der Waals surface area contributed by atoms with Crippen LogP contribution in [0, 0.1) is 11.7 Å². The molecule has 1 fully saturated rings. The van der Waals surface area contributed by atoms with E-state index in [1.165, 1.54) is 34.4 Å². The molecule has 32 heavy (non-hydrogen) atoms. The fourth-order valence-corrected chi connectivity index (χ4v) is 5.79. The molecule has 0 aliphatic carbocycles. The summed E-state index contributed by atoms with van der Waals surface area (Å²) in [7, 11) is 0. The number of nitrogens with zero attached hydrogens (tertiary/aromatic N) is 3. The first kappa shape index (κ1) is 22.9. The van der Waals surface area contributed by atoms with Crippen molar-refractivity contribution in [2.75, 3.05) is 18.5 Å². The third-order valence-corrected chi connectivity index (χ3v) is 7.49. The Morgan fingerprint density at radius 1 is 1.34 bits per heavy atom. The monoisotopic (exact) mass is 476 g/mol. The van der Waals surface area contributed by atoms with Gasteiger partial charge in [-0.05, 0) is 37.3 Å². The standard InChI is InChI=1S/C22H25FN4O3S2/c1-13(2)32-17-11-31-20-19(17)25-12-27(22(20)29)16(9-14-5-7-30-8-6-14)21(28)26-18-4-3-15(23)10-24-18/h3-4,10-14,16H,5-9H2,1-2H3,(H,24,26,28). The number of thiophene rings is 1. The smallest absolute Gasteiger partial charge is 0.272 e. The maximum absolute atomic E-state index is 13.4. The van der Waals surface area contributed by atoms with E-state index < -0.39 is 11.9 Å². The molecule has 4 rings (SSSR count). The van der Waals surface area contributed by atoms with Crippen LogP contribution in [0.3, 0.4) is 0 Å². The number of carbonyl (C=O) groups excluding carboxylic acids is 1. The van der Waals surface area contributed by atoms with Crippen LogP contribution in [0.2, 0.25) is 0 Å². The van der Waals surface area contributed by atoms with Gasteiger partial charge in [-0.2, -0.15) is 0 Å². The Kier molecular flexibility index (Phi) is 7.22. The molecule has 0 radical (unpaired) electrons. The molecule has 4 heterocycles. The van der Waals surface area contributed by atoms with Crippen LogP contribution < -0.4 is 10.9 Å². The summed E-state index contributed by atoms with van der Waals surface area (Å²) in [6, 6.07) is 1.88. The zero-order valence-electron chi connectivity index (χ0n) is 17.9. The van der Waals surface area contributed by atoms with Gasteiger partial charge < -0.3 is 10.1 Å². The predicted octanol–water partition coefficient (Wildman–Crippen LogP) is 4.49. The second-order valence-corrected chi connectivity index (χ2v) is 10.6. The summed E-state index contributed by atoms with van der Waals surface area (Å²) in [6.07, 6.45) is 4.67. The minimum atomic E-state index is -0.752. The number of nitrogens with one attached hydrogen (secondary N) is 1. The molecule has 1 N–H and O–H groups in total. The molecule has 1 saturated heterocycles. The van der Waals surface area contributed by atoms with Gasteiger partial charge in [-0.1, -0.05) is 13.8 Å². The third-order valence-electron chi connectivity index (χ3n) is 5.35. The van der Waals surface area contributed by atoms with Gasteiger partial charge >= 0.3 is 0 Å². The normalized spacial score (nSPS) is 15.9. The summed E-state index contributed by atoms with van der Waals surface area (Å²) in [6.45, 7) is 5.47. The summed E-state index contributed by atoms with van der Waals surface area (Å²) in [4.78, 5) is 36.1. The molecule has 1 unspecified atom stereocenters. The van der Waals surface area contributed by atoms with Crippen molar-refractivity contribution in [1.29, 1.82) is 0 Å². The van der Waals surface area contributed by atoms with Crippen molar-refractivity contribution in [3.8, 4) is 0 Å². The maximum atomic E-state index is 13.4. The molecule has 1 amide bonds. The fraction of sp³-hybridized carbons (Fsp3) is 0.455.